The third kappa shape index (κ3) is 4.12. The quantitative estimate of drug-likeness (QED) is 0.646. The summed E-state index contributed by atoms with van der Waals surface area (Å²) < 4.78 is 0. The van der Waals surface area contributed by atoms with E-state index in [0.717, 1.165) is 17.3 Å². The van der Waals surface area contributed by atoms with Gasteiger partial charge in [0.25, 0.3) is 11.1 Å². The van der Waals surface area contributed by atoms with Crippen molar-refractivity contribution in [1.29, 1.82) is 0 Å². The van der Waals surface area contributed by atoms with Crippen molar-refractivity contribution >= 4 is 29.0 Å². The lowest BCUT2D eigenvalue weighted by molar-refractivity contribution is -0.115. The zero-order valence-electron chi connectivity index (χ0n) is 12.8. The Morgan fingerprint density at radius 3 is 2.17 bits per heavy atom. The van der Waals surface area contributed by atoms with Gasteiger partial charge in [0.1, 0.15) is 0 Å². The lowest BCUT2D eigenvalue weighted by atomic mass is 10.0. The standard InChI is InChI=1S/C20H15NO2S/c22-19-18(24-20(23)21-19)10-6-1-3-7-15-11-13-17(14-12-15)16-8-4-2-5-9-16/h1-14H,(H,21,22,23)/b6-1+,7-3+,18-10+. The molecule has 0 spiro atoms. The van der Waals surface area contributed by atoms with Crippen LogP contribution in [-0.2, 0) is 4.79 Å². The number of rotatable bonds is 4. The number of allylic oxidation sites excluding steroid dienone is 4. The second-order valence-electron chi connectivity index (χ2n) is 5.11. The van der Waals surface area contributed by atoms with Gasteiger partial charge in [0.05, 0.1) is 4.91 Å². The zero-order chi connectivity index (χ0) is 16.8. The largest absolute Gasteiger partial charge is 0.290 e. The van der Waals surface area contributed by atoms with E-state index in [1.54, 1.807) is 12.2 Å². The van der Waals surface area contributed by atoms with E-state index in [4.69, 9.17) is 0 Å². The molecule has 24 heavy (non-hydrogen) atoms. The van der Waals surface area contributed by atoms with Gasteiger partial charge in [-0.2, -0.15) is 0 Å². The second-order valence-corrected chi connectivity index (χ2v) is 6.12. The van der Waals surface area contributed by atoms with E-state index in [-0.39, 0.29) is 11.1 Å². The van der Waals surface area contributed by atoms with E-state index >= 15 is 0 Å². The molecule has 1 aliphatic rings. The molecule has 1 saturated heterocycles. The summed E-state index contributed by atoms with van der Waals surface area (Å²) in [5.74, 6) is -0.338. The number of hydrogen-bond acceptors (Lipinski definition) is 3. The highest BCUT2D eigenvalue weighted by atomic mass is 32.2. The topological polar surface area (TPSA) is 46.2 Å². The summed E-state index contributed by atoms with van der Waals surface area (Å²) in [4.78, 5) is 22.8. The van der Waals surface area contributed by atoms with Crippen molar-refractivity contribution in [3.05, 3.63) is 89.4 Å². The van der Waals surface area contributed by atoms with Crippen LogP contribution in [0.2, 0.25) is 0 Å². The monoisotopic (exact) mass is 333 g/mol. The molecular formula is C20H15NO2S. The molecule has 0 saturated carbocycles. The maximum Gasteiger partial charge on any atom is 0.290 e. The SMILES string of the molecule is O=C1NC(=O)\C(=C/C=C/C=C/c2ccc(-c3ccccc3)cc2)S1. The molecule has 0 radical (unpaired) electrons. The molecule has 1 fully saturated rings. The molecule has 0 unspecified atom stereocenters. The molecule has 2 amide bonds. The molecular weight excluding hydrogens is 318 g/mol. The Kier molecular flexibility index (Phi) is 5.08. The van der Waals surface area contributed by atoms with Gasteiger partial charge in [0, 0.05) is 0 Å². The van der Waals surface area contributed by atoms with Crippen molar-refractivity contribution in [2.24, 2.45) is 0 Å². The molecule has 2 aromatic carbocycles. The Balaban J connectivity index is 1.61. The van der Waals surface area contributed by atoms with Gasteiger partial charge < -0.3 is 0 Å². The minimum absolute atomic E-state index is 0.325. The van der Waals surface area contributed by atoms with Gasteiger partial charge in [-0.25, -0.2) is 0 Å². The molecule has 1 aliphatic heterocycles. The van der Waals surface area contributed by atoms with Gasteiger partial charge in [-0.05, 0) is 34.5 Å². The molecule has 0 bridgehead atoms. The maximum absolute atomic E-state index is 11.3. The van der Waals surface area contributed by atoms with Crippen molar-refractivity contribution in [1.82, 2.24) is 5.32 Å². The molecule has 3 nitrogen and oxygen atoms in total. The molecule has 1 N–H and O–H groups in total. The average molecular weight is 333 g/mol. The third-order valence-electron chi connectivity index (χ3n) is 3.42. The van der Waals surface area contributed by atoms with Crippen LogP contribution >= 0.6 is 11.8 Å². The smallest absolute Gasteiger partial charge is 0.282 e. The number of amides is 2. The van der Waals surface area contributed by atoms with Gasteiger partial charge in [-0.3, -0.25) is 14.9 Å². The van der Waals surface area contributed by atoms with Gasteiger partial charge >= 0.3 is 0 Å². The van der Waals surface area contributed by atoms with E-state index in [1.165, 1.54) is 11.1 Å². The molecule has 4 heteroatoms. The van der Waals surface area contributed by atoms with Crippen molar-refractivity contribution in [3.63, 3.8) is 0 Å². The Morgan fingerprint density at radius 1 is 0.792 bits per heavy atom. The van der Waals surface area contributed by atoms with E-state index < -0.39 is 0 Å². The first-order valence-corrected chi connectivity index (χ1v) is 8.28. The van der Waals surface area contributed by atoms with Crippen LogP contribution in [0.15, 0.2) is 83.8 Å². The number of benzene rings is 2. The lowest BCUT2D eigenvalue weighted by Gasteiger charge is -2.01. The number of imide groups is 1. The summed E-state index contributed by atoms with van der Waals surface area (Å²) >= 11 is 0.914. The number of carbonyl (C=O) groups is 2. The highest BCUT2D eigenvalue weighted by Crippen LogP contribution is 2.22. The minimum Gasteiger partial charge on any atom is -0.282 e. The summed E-state index contributed by atoms with van der Waals surface area (Å²) in [6.07, 6.45) is 9.09. The van der Waals surface area contributed by atoms with Crippen LogP contribution in [0.3, 0.4) is 0 Å². The Morgan fingerprint density at radius 2 is 1.50 bits per heavy atom. The van der Waals surface area contributed by atoms with Crippen LogP contribution < -0.4 is 5.32 Å². The van der Waals surface area contributed by atoms with E-state index in [0.29, 0.717) is 4.91 Å². The summed E-state index contributed by atoms with van der Waals surface area (Å²) in [7, 11) is 0. The Bertz CT molecular complexity index is 834. The fourth-order valence-electron chi connectivity index (χ4n) is 2.23. The van der Waals surface area contributed by atoms with Crippen LogP contribution in [0.4, 0.5) is 4.79 Å². The van der Waals surface area contributed by atoms with E-state index in [1.807, 2.05) is 36.4 Å². The first kappa shape index (κ1) is 16.0. The van der Waals surface area contributed by atoms with Gasteiger partial charge in [0.15, 0.2) is 0 Å². The fraction of sp³-hybridized carbons (Fsp3) is 0. The zero-order valence-corrected chi connectivity index (χ0v) is 13.6. The third-order valence-corrected chi connectivity index (χ3v) is 4.25. The van der Waals surface area contributed by atoms with Crippen LogP contribution in [0.25, 0.3) is 17.2 Å². The van der Waals surface area contributed by atoms with E-state index in [9.17, 15) is 9.59 Å². The van der Waals surface area contributed by atoms with Gasteiger partial charge in [0.2, 0.25) is 0 Å². The highest BCUT2D eigenvalue weighted by Gasteiger charge is 2.23. The highest BCUT2D eigenvalue weighted by molar-refractivity contribution is 8.18. The van der Waals surface area contributed by atoms with Gasteiger partial charge in [-0.1, -0.05) is 78.9 Å². The fourth-order valence-corrected chi connectivity index (χ4v) is 2.86. The molecule has 0 aromatic heterocycles. The number of carbonyl (C=O) groups excluding carboxylic acids is 2. The predicted octanol–water partition coefficient (Wildman–Crippen LogP) is 4.79. The van der Waals surface area contributed by atoms with Crippen LogP contribution in [0, 0.1) is 0 Å². The average Bonchev–Trinajstić information content (AvgIpc) is 2.93. The molecule has 0 aliphatic carbocycles. The Hall–Kier alpha value is -2.85. The number of thioether (sulfide) groups is 1. The van der Waals surface area contributed by atoms with Crippen LogP contribution in [0.5, 0.6) is 0 Å². The van der Waals surface area contributed by atoms with E-state index in [2.05, 4.69) is 41.7 Å². The normalized spacial score (nSPS) is 16.4. The lowest BCUT2D eigenvalue weighted by Crippen LogP contribution is -2.17. The molecule has 3 rings (SSSR count). The first-order valence-electron chi connectivity index (χ1n) is 7.46. The molecule has 1 heterocycles. The molecule has 0 atom stereocenters. The number of hydrogen-bond donors (Lipinski definition) is 1. The van der Waals surface area contributed by atoms with Crippen molar-refractivity contribution in [3.8, 4) is 11.1 Å². The molecule has 2 aromatic rings. The summed E-state index contributed by atoms with van der Waals surface area (Å²) in [5, 5.41) is 1.89. The van der Waals surface area contributed by atoms with Crippen LogP contribution in [0.1, 0.15) is 5.56 Å². The second kappa shape index (κ2) is 7.62. The summed E-state index contributed by atoms with van der Waals surface area (Å²) in [6.45, 7) is 0. The first-order chi connectivity index (χ1) is 11.7. The minimum atomic E-state index is -0.338. The summed E-state index contributed by atoms with van der Waals surface area (Å²) in [6, 6.07) is 18.5. The van der Waals surface area contributed by atoms with Crippen molar-refractivity contribution in [2.75, 3.05) is 0 Å². The van der Waals surface area contributed by atoms with Gasteiger partial charge in [-0.15, -0.1) is 0 Å². The van der Waals surface area contributed by atoms with Crippen LogP contribution in [-0.4, -0.2) is 11.1 Å². The van der Waals surface area contributed by atoms with Crippen molar-refractivity contribution in [2.45, 2.75) is 0 Å². The maximum atomic E-state index is 11.3. The number of nitrogens with one attached hydrogen (secondary N) is 1. The predicted molar refractivity (Wildman–Crippen MR) is 99.3 cm³/mol. The van der Waals surface area contributed by atoms with Crippen molar-refractivity contribution < 1.29 is 9.59 Å². The summed E-state index contributed by atoms with van der Waals surface area (Å²) in [5.41, 5.74) is 3.47. The Labute approximate surface area is 144 Å². The molecule has 118 valence electrons.